The molecule has 0 aliphatic rings. The van der Waals surface area contributed by atoms with Gasteiger partial charge in [0, 0.05) is 11.1 Å². The lowest BCUT2D eigenvalue weighted by molar-refractivity contribution is 0.0602. The van der Waals surface area contributed by atoms with Crippen molar-refractivity contribution in [3.8, 4) is 16.9 Å². The number of ether oxygens (including phenoxy) is 1. The Bertz CT molecular complexity index is 955. The van der Waals surface area contributed by atoms with Crippen molar-refractivity contribution < 1.29 is 14.6 Å². The van der Waals surface area contributed by atoms with Crippen molar-refractivity contribution in [3.05, 3.63) is 64.7 Å². The van der Waals surface area contributed by atoms with Gasteiger partial charge in [-0.15, -0.1) is 0 Å². The maximum Gasteiger partial charge on any atom is 0.338 e. The van der Waals surface area contributed by atoms with E-state index < -0.39 is 5.97 Å². The summed E-state index contributed by atoms with van der Waals surface area (Å²) in [6, 6.07) is 13.3. The number of carbonyl (C=O) groups is 1. The third kappa shape index (κ3) is 2.42. The van der Waals surface area contributed by atoms with Crippen LogP contribution in [0.3, 0.4) is 0 Å². The van der Waals surface area contributed by atoms with Gasteiger partial charge in [-0.3, -0.25) is 0 Å². The van der Waals surface area contributed by atoms with Crippen molar-refractivity contribution in [2.24, 2.45) is 0 Å². The van der Waals surface area contributed by atoms with E-state index in [1.165, 1.54) is 7.11 Å². The van der Waals surface area contributed by atoms with Crippen LogP contribution >= 0.6 is 0 Å². The molecular weight excluding hydrogens is 300 g/mol. The smallest absolute Gasteiger partial charge is 0.338 e. The zero-order valence-corrected chi connectivity index (χ0v) is 14.3. The number of phenols is 1. The molecule has 0 saturated carbocycles. The number of phenolic OH excluding ortho intramolecular Hbond substituents is 1. The van der Waals surface area contributed by atoms with E-state index in [1.54, 1.807) is 12.1 Å². The Morgan fingerprint density at radius 1 is 0.958 bits per heavy atom. The molecular formula is C21H20O3. The fourth-order valence-corrected chi connectivity index (χ4v) is 3.20. The Labute approximate surface area is 141 Å². The van der Waals surface area contributed by atoms with E-state index in [-0.39, 0.29) is 5.75 Å². The molecule has 0 amide bonds. The molecule has 0 unspecified atom stereocenters. The van der Waals surface area contributed by atoms with Crippen LogP contribution in [-0.2, 0) is 4.74 Å². The van der Waals surface area contributed by atoms with Gasteiger partial charge in [0.2, 0.25) is 0 Å². The van der Waals surface area contributed by atoms with Gasteiger partial charge in [0.25, 0.3) is 0 Å². The molecule has 0 aliphatic carbocycles. The molecule has 3 aromatic carbocycles. The van der Waals surface area contributed by atoms with Gasteiger partial charge in [-0.05, 0) is 60.4 Å². The van der Waals surface area contributed by atoms with Gasteiger partial charge in [-0.25, -0.2) is 4.79 Å². The summed E-state index contributed by atoms with van der Waals surface area (Å²) in [5.41, 5.74) is 4.96. The Morgan fingerprint density at radius 3 is 2.38 bits per heavy atom. The van der Waals surface area contributed by atoms with Crippen LogP contribution in [0, 0.1) is 20.8 Å². The molecule has 3 rings (SSSR count). The molecule has 3 aromatic rings. The maximum atomic E-state index is 12.3. The zero-order chi connectivity index (χ0) is 17.4. The highest BCUT2D eigenvalue weighted by atomic mass is 16.5. The number of hydrogen-bond donors (Lipinski definition) is 1. The molecule has 0 fully saturated rings. The quantitative estimate of drug-likeness (QED) is 0.681. The number of aromatic hydroxyl groups is 1. The molecule has 0 spiro atoms. The number of carbonyl (C=O) groups excluding carboxylic acids is 1. The predicted octanol–water partition coefficient (Wildman–Crippen LogP) is 4.92. The number of rotatable bonds is 2. The van der Waals surface area contributed by atoms with Crippen molar-refractivity contribution in [2.45, 2.75) is 20.8 Å². The SMILES string of the molecule is COC(=O)c1ccc2ccccc2c1-c1c(O)cc(C)c(C)c1C. The minimum atomic E-state index is -0.409. The summed E-state index contributed by atoms with van der Waals surface area (Å²) in [5, 5.41) is 12.6. The summed E-state index contributed by atoms with van der Waals surface area (Å²) in [7, 11) is 1.37. The first-order valence-corrected chi connectivity index (χ1v) is 7.86. The van der Waals surface area contributed by atoms with Crippen molar-refractivity contribution >= 4 is 16.7 Å². The molecule has 0 radical (unpaired) electrons. The average molecular weight is 320 g/mol. The molecule has 0 heterocycles. The molecule has 3 nitrogen and oxygen atoms in total. The van der Waals surface area contributed by atoms with E-state index in [4.69, 9.17) is 4.74 Å². The first kappa shape index (κ1) is 16.1. The predicted molar refractivity (Wildman–Crippen MR) is 96.6 cm³/mol. The number of hydrogen-bond acceptors (Lipinski definition) is 3. The van der Waals surface area contributed by atoms with Crippen LogP contribution in [0.15, 0.2) is 42.5 Å². The number of aryl methyl sites for hydroxylation is 1. The van der Waals surface area contributed by atoms with Gasteiger partial charge in [0.05, 0.1) is 12.7 Å². The van der Waals surface area contributed by atoms with E-state index in [0.29, 0.717) is 11.1 Å². The summed E-state index contributed by atoms with van der Waals surface area (Å²) in [6.07, 6.45) is 0. The Morgan fingerprint density at radius 2 is 1.67 bits per heavy atom. The third-order valence-corrected chi connectivity index (χ3v) is 4.72. The van der Waals surface area contributed by atoms with Gasteiger partial charge in [0.15, 0.2) is 0 Å². The van der Waals surface area contributed by atoms with Crippen LogP contribution in [0.5, 0.6) is 5.75 Å². The number of methoxy groups -OCH3 is 1. The minimum absolute atomic E-state index is 0.178. The maximum absolute atomic E-state index is 12.3. The molecule has 0 atom stereocenters. The summed E-state index contributed by atoms with van der Waals surface area (Å²) in [6.45, 7) is 5.97. The van der Waals surface area contributed by atoms with Crippen molar-refractivity contribution in [2.75, 3.05) is 7.11 Å². The van der Waals surface area contributed by atoms with Crippen LogP contribution < -0.4 is 0 Å². The lowest BCUT2D eigenvalue weighted by atomic mass is 9.87. The molecule has 0 bridgehead atoms. The van der Waals surface area contributed by atoms with Gasteiger partial charge in [-0.2, -0.15) is 0 Å². The van der Waals surface area contributed by atoms with Crippen LogP contribution in [0.25, 0.3) is 21.9 Å². The molecule has 0 saturated heterocycles. The van der Waals surface area contributed by atoms with Crippen molar-refractivity contribution in [3.63, 3.8) is 0 Å². The second-order valence-corrected chi connectivity index (χ2v) is 6.04. The molecule has 3 heteroatoms. The minimum Gasteiger partial charge on any atom is -0.507 e. The number of benzene rings is 3. The van der Waals surface area contributed by atoms with Gasteiger partial charge < -0.3 is 9.84 Å². The summed E-state index contributed by atoms with van der Waals surface area (Å²) in [4.78, 5) is 12.3. The van der Waals surface area contributed by atoms with Crippen LogP contribution in [0.1, 0.15) is 27.0 Å². The average Bonchev–Trinajstić information content (AvgIpc) is 2.59. The van der Waals surface area contributed by atoms with Crippen LogP contribution in [0.2, 0.25) is 0 Å². The first-order valence-electron chi connectivity index (χ1n) is 7.86. The lowest BCUT2D eigenvalue weighted by Gasteiger charge is -2.18. The summed E-state index contributed by atoms with van der Waals surface area (Å²) >= 11 is 0. The van der Waals surface area contributed by atoms with Gasteiger partial charge >= 0.3 is 5.97 Å². The third-order valence-electron chi connectivity index (χ3n) is 4.72. The highest BCUT2D eigenvalue weighted by Crippen LogP contribution is 2.41. The fraction of sp³-hybridized carbons (Fsp3) is 0.190. The van der Waals surface area contributed by atoms with Crippen LogP contribution in [-0.4, -0.2) is 18.2 Å². The molecule has 24 heavy (non-hydrogen) atoms. The Kier molecular flexibility index (Phi) is 4.02. The Balaban J connectivity index is 2.49. The number of fused-ring (bicyclic) bond motifs is 1. The van der Waals surface area contributed by atoms with E-state index >= 15 is 0 Å². The fourth-order valence-electron chi connectivity index (χ4n) is 3.20. The van der Waals surface area contributed by atoms with E-state index in [9.17, 15) is 9.90 Å². The molecule has 0 aliphatic heterocycles. The Hall–Kier alpha value is -2.81. The zero-order valence-electron chi connectivity index (χ0n) is 14.3. The summed E-state index contributed by atoms with van der Waals surface area (Å²) < 4.78 is 4.96. The second kappa shape index (κ2) is 6.00. The van der Waals surface area contributed by atoms with E-state index in [2.05, 4.69) is 0 Å². The highest BCUT2D eigenvalue weighted by molar-refractivity contribution is 6.09. The monoisotopic (exact) mass is 320 g/mol. The second-order valence-electron chi connectivity index (χ2n) is 6.04. The van der Waals surface area contributed by atoms with Crippen molar-refractivity contribution in [1.82, 2.24) is 0 Å². The number of esters is 1. The van der Waals surface area contributed by atoms with E-state index in [0.717, 1.165) is 33.0 Å². The highest BCUT2D eigenvalue weighted by Gasteiger charge is 2.21. The van der Waals surface area contributed by atoms with E-state index in [1.807, 2.05) is 51.1 Å². The normalized spacial score (nSPS) is 10.8. The molecule has 122 valence electrons. The van der Waals surface area contributed by atoms with Gasteiger partial charge in [0.1, 0.15) is 5.75 Å². The summed E-state index contributed by atoms with van der Waals surface area (Å²) in [5.74, 6) is -0.232. The molecule has 0 aromatic heterocycles. The largest absolute Gasteiger partial charge is 0.507 e. The lowest BCUT2D eigenvalue weighted by Crippen LogP contribution is -2.05. The standard InChI is InChI=1S/C21H20O3/c1-12-11-18(22)19(14(3)13(12)2)20-16-8-6-5-7-15(16)9-10-17(20)21(23)24-4/h5-11,22H,1-4H3. The molecule has 1 N–H and O–H groups in total. The van der Waals surface area contributed by atoms with Gasteiger partial charge in [-0.1, -0.05) is 30.3 Å². The topological polar surface area (TPSA) is 46.5 Å². The first-order chi connectivity index (χ1) is 11.5. The van der Waals surface area contributed by atoms with Crippen molar-refractivity contribution in [1.29, 1.82) is 0 Å². The van der Waals surface area contributed by atoms with Crippen LogP contribution in [0.4, 0.5) is 0 Å².